The molecule has 96 valence electrons. The number of hydrogen-bond acceptors (Lipinski definition) is 1. The maximum atomic E-state index is 9.95. The zero-order valence-electron chi connectivity index (χ0n) is 10.9. The summed E-state index contributed by atoms with van der Waals surface area (Å²) in [6, 6.07) is 6.26. The number of aryl methyl sites for hydroxylation is 1. The summed E-state index contributed by atoms with van der Waals surface area (Å²) in [4.78, 5) is 3.17. The van der Waals surface area contributed by atoms with Crippen LogP contribution in [0.2, 0.25) is 0 Å². The van der Waals surface area contributed by atoms with Gasteiger partial charge in [0.2, 0.25) is 0 Å². The maximum Gasteiger partial charge on any atom is 0.136 e. The third-order valence-corrected chi connectivity index (χ3v) is 3.74. The first-order valence-electron chi connectivity index (χ1n) is 6.13. The van der Waals surface area contributed by atoms with Gasteiger partial charge in [0, 0.05) is 28.3 Å². The smallest absolute Gasteiger partial charge is 0.136 e. The third kappa shape index (κ3) is 2.61. The van der Waals surface area contributed by atoms with Gasteiger partial charge in [0.1, 0.15) is 5.75 Å². The Morgan fingerprint density at radius 1 is 1.33 bits per heavy atom. The Kier molecular flexibility index (Phi) is 3.81. The van der Waals surface area contributed by atoms with E-state index in [-0.39, 0.29) is 0 Å². The van der Waals surface area contributed by atoms with E-state index in [0.29, 0.717) is 11.7 Å². The van der Waals surface area contributed by atoms with E-state index in [2.05, 4.69) is 53.8 Å². The number of aromatic amines is 1. The van der Waals surface area contributed by atoms with Gasteiger partial charge in [-0.1, -0.05) is 35.8 Å². The molecule has 0 atom stereocenters. The molecule has 0 unspecified atom stereocenters. The highest BCUT2D eigenvalue weighted by atomic mass is 79.9. The molecule has 0 radical (unpaired) electrons. The molecule has 0 saturated heterocycles. The van der Waals surface area contributed by atoms with Gasteiger partial charge < -0.3 is 10.1 Å². The molecule has 2 N–H and O–H groups in total. The maximum absolute atomic E-state index is 9.95. The number of H-pyrrole nitrogens is 1. The summed E-state index contributed by atoms with van der Waals surface area (Å²) < 4.78 is 1.09. The summed E-state index contributed by atoms with van der Waals surface area (Å²) >= 11 is 3.47. The molecular weight excluding hydrogens is 290 g/mol. The van der Waals surface area contributed by atoms with Gasteiger partial charge in [0.15, 0.2) is 0 Å². The van der Waals surface area contributed by atoms with Crippen LogP contribution in [0, 0.1) is 6.92 Å². The molecule has 0 saturated carbocycles. The van der Waals surface area contributed by atoms with Crippen LogP contribution >= 0.6 is 15.9 Å². The van der Waals surface area contributed by atoms with Crippen molar-refractivity contribution in [3.05, 3.63) is 51.3 Å². The van der Waals surface area contributed by atoms with Gasteiger partial charge in [-0.15, -0.1) is 0 Å². The van der Waals surface area contributed by atoms with E-state index in [4.69, 9.17) is 0 Å². The van der Waals surface area contributed by atoms with Crippen molar-refractivity contribution in [2.75, 3.05) is 0 Å². The lowest BCUT2D eigenvalue weighted by Gasteiger charge is -2.10. The SMILES string of the molecule is Cc1cc(Br)ccc1Cc1c(O)c[nH]c1C(C)C. The highest BCUT2D eigenvalue weighted by Gasteiger charge is 2.14. The minimum Gasteiger partial charge on any atom is -0.506 e. The fourth-order valence-electron chi connectivity index (χ4n) is 2.21. The van der Waals surface area contributed by atoms with Crippen LogP contribution in [0.1, 0.15) is 42.1 Å². The van der Waals surface area contributed by atoms with E-state index in [0.717, 1.165) is 22.2 Å². The quantitative estimate of drug-likeness (QED) is 0.860. The molecule has 0 aliphatic carbocycles. The van der Waals surface area contributed by atoms with Gasteiger partial charge in [-0.3, -0.25) is 0 Å². The number of nitrogens with one attached hydrogen (secondary N) is 1. The molecule has 1 aromatic heterocycles. The van der Waals surface area contributed by atoms with Crippen LogP contribution in [0.3, 0.4) is 0 Å². The fourth-order valence-corrected chi connectivity index (χ4v) is 2.68. The van der Waals surface area contributed by atoms with Crippen LogP contribution in [0.5, 0.6) is 5.75 Å². The van der Waals surface area contributed by atoms with Crippen LogP contribution < -0.4 is 0 Å². The molecule has 1 aromatic carbocycles. The molecule has 18 heavy (non-hydrogen) atoms. The molecule has 0 spiro atoms. The number of rotatable bonds is 3. The van der Waals surface area contributed by atoms with Gasteiger partial charge in [-0.2, -0.15) is 0 Å². The van der Waals surface area contributed by atoms with E-state index in [9.17, 15) is 5.11 Å². The monoisotopic (exact) mass is 307 g/mol. The first kappa shape index (κ1) is 13.2. The largest absolute Gasteiger partial charge is 0.506 e. The minimum atomic E-state index is 0.362. The molecule has 3 heteroatoms. The number of hydrogen-bond donors (Lipinski definition) is 2. The summed E-state index contributed by atoms with van der Waals surface area (Å²) in [7, 11) is 0. The van der Waals surface area contributed by atoms with E-state index in [1.54, 1.807) is 6.20 Å². The predicted octanol–water partition coefficient (Wildman–Crippen LogP) is 4.51. The van der Waals surface area contributed by atoms with E-state index >= 15 is 0 Å². The standard InChI is InChI=1S/C15H18BrNO/c1-9(2)15-13(14(18)8-17-15)7-11-4-5-12(16)6-10(11)3/h4-6,8-9,17-18H,7H2,1-3H3. The zero-order valence-corrected chi connectivity index (χ0v) is 12.5. The van der Waals surface area contributed by atoms with Crippen molar-refractivity contribution < 1.29 is 5.11 Å². The van der Waals surface area contributed by atoms with Gasteiger partial charge in [-0.05, 0) is 36.1 Å². The third-order valence-electron chi connectivity index (χ3n) is 3.25. The van der Waals surface area contributed by atoms with Crippen molar-refractivity contribution in [1.82, 2.24) is 4.98 Å². The number of benzene rings is 1. The predicted molar refractivity (Wildman–Crippen MR) is 78.2 cm³/mol. The lowest BCUT2D eigenvalue weighted by atomic mass is 9.97. The van der Waals surface area contributed by atoms with Crippen LogP contribution in [-0.2, 0) is 6.42 Å². The van der Waals surface area contributed by atoms with E-state index in [1.807, 2.05) is 6.07 Å². The van der Waals surface area contributed by atoms with Gasteiger partial charge in [0.25, 0.3) is 0 Å². The highest BCUT2D eigenvalue weighted by molar-refractivity contribution is 9.10. The normalized spacial score (nSPS) is 11.2. The van der Waals surface area contributed by atoms with Crippen LogP contribution in [0.25, 0.3) is 0 Å². The summed E-state index contributed by atoms with van der Waals surface area (Å²) in [5, 5.41) is 9.95. The Bertz CT molecular complexity index is 558. The average Bonchev–Trinajstić information content (AvgIpc) is 2.64. The van der Waals surface area contributed by atoms with Crippen LogP contribution in [0.4, 0.5) is 0 Å². The first-order chi connectivity index (χ1) is 8.49. The van der Waals surface area contributed by atoms with Gasteiger partial charge in [0.05, 0.1) is 0 Å². The first-order valence-corrected chi connectivity index (χ1v) is 6.92. The highest BCUT2D eigenvalue weighted by Crippen LogP contribution is 2.30. The molecule has 0 fully saturated rings. The summed E-state index contributed by atoms with van der Waals surface area (Å²) in [5.41, 5.74) is 4.61. The average molecular weight is 308 g/mol. The Balaban J connectivity index is 2.36. The van der Waals surface area contributed by atoms with Gasteiger partial charge in [-0.25, -0.2) is 0 Å². The van der Waals surface area contributed by atoms with Crippen LogP contribution in [0.15, 0.2) is 28.9 Å². The van der Waals surface area contributed by atoms with E-state index < -0.39 is 0 Å². The van der Waals surface area contributed by atoms with E-state index in [1.165, 1.54) is 11.1 Å². The molecule has 2 rings (SSSR count). The fraction of sp³-hybridized carbons (Fsp3) is 0.333. The summed E-state index contributed by atoms with van der Waals surface area (Å²) in [6.07, 6.45) is 2.45. The zero-order chi connectivity index (χ0) is 13.3. The second-order valence-electron chi connectivity index (χ2n) is 4.97. The molecular formula is C15H18BrNO. The van der Waals surface area contributed by atoms with Crippen LogP contribution in [-0.4, -0.2) is 10.1 Å². The summed E-state index contributed by atoms with van der Waals surface area (Å²) in [5.74, 6) is 0.748. The van der Waals surface area contributed by atoms with Crippen molar-refractivity contribution in [2.45, 2.75) is 33.1 Å². The molecule has 0 aliphatic rings. The van der Waals surface area contributed by atoms with Crippen molar-refractivity contribution in [2.24, 2.45) is 0 Å². The Morgan fingerprint density at radius 2 is 2.06 bits per heavy atom. The van der Waals surface area contributed by atoms with Gasteiger partial charge >= 0.3 is 0 Å². The van der Waals surface area contributed by atoms with Crippen molar-refractivity contribution in [3.63, 3.8) is 0 Å². The lowest BCUT2D eigenvalue weighted by molar-refractivity contribution is 0.470. The number of aromatic hydroxyl groups is 1. The lowest BCUT2D eigenvalue weighted by Crippen LogP contribution is -1.97. The Morgan fingerprint density at radius 3 is 2.67 bits per heavy atom. The second kappa shape index (κ2) is 5.19. The van der Waals surface area contributed by atoms with Crippen molar-refractivity contribution in [3.8, 4) is 5.75 Å². The number of aromatic nitrogens is 1. The summed E-state index contributed by atoms with van der Waals surface area (Å²) in [6.45, 7) is 6.35. The molecule has 1 heterocycles. The minimum absolute atomic E-state index is 0.362. The second-order valence-corrected chi connectivity index (χ2v) is 5.88. The topological polar surface area (TPSA) is 36.0 Å². The van der Waals surface area contributed by atoms with Crippen molar-refractivity contribution in [1.29, 1.82) is 0 Å². The Hall–Kier alpha value is -1.22. The van der Waals surface area contributed by atoms with Crippen molar-refractivity contribution >= 4 is 15.9 Å². The number of halogens is 1. The molecule has 2 nitrogen and oxygen atoms in total. The Labute approximate surface area is 116 Å². The molecule has 0 bridgehead atoms. The molecule has 0 aliphatic heterocycles. The molecule has 2 aromatic rings. The molecule has 0 amide bonds.